The quantitative estimate of drug-likeness (QED) is 0.794. The van der Waals surface area contributed by atoms with Gasteiger partial charge in [0.15, 0.2) is 5.78 Å². The molecule has 0 amide bonds. The Bertz CT molecular complexity index is 634. The van der Waals surface area contributed by atoms with Crippen molar-refractivity contribution in [2.24, 2.45) is 0 Å². The lowest BCUT2D eigenvalue weighted by atomic mass is 10.1. The lowest BCUT2D eigenvalue weighted by Crippen LogP contribution is -2.08. The average molecular weight is 291 g/mol. The first kappa shape index (κ1) is 14.5. The van der Waals surface area contributed by atoms with Gasteiger partial charge in [0, 0.05) is 17.3 Å². The van der Waals surface area contributed by atoms with Gasteiger partial charge in [-0.2, -0.15) is 0 Å². The van der Waals surface area contributed by atoms with E-state index in [-0.39, 0.29) is 12.2 Å². The molecule has 4 nitrogen and oxygen atoms in total. The van der Waals surface area contributed by atoms with E-state index >= 15 is 0 Å². The van der Waals surface area contributed by atoms with Crippen molar-refractivity contribution in [1.29, 1.82) is 0 Å². The van der Waals surface area contributed by atoms with Crippen LogP contribution in [0.5, 0.6) is 11.5 Å². The molecule has 2 rings (SSSR count). The molecule has 2 aromatic heterocycles. The second-order valence-corrected chi connectivity index (χ2v) is 5.38. The molecule has 0 fully saturated rings. The average Bonchev–Trinajstić information content (AvgIpc) is 2.91. The zero-order valence-corrected chi connectivity index (χ0v) is 12.8. The number of hydrogen-bond donors (Lipinski definition) is 0. The number of hydrogen-bond acceptors (Lipinski definition) is 5. The summed E-state index contributed by atoms with van der Waals surface area (Å²) in [6.07, 6.45) is 1.99. The lowest BCUT2D eigenvalue weighted by molar-refractivity contribution is 0.0993. The zero-order valence-electron chi connectivity index (χ0n) is 12.0. The molecule has 20 heavy (non-hydrogen) atoms. The smallest absolute Gasteiger partial charge is 0.182 e. The van der Waals surface area contributed by atoms with E-state index in [1.54, 1.807) is 26.5 Å². The normalized spacial score (nSPS) is 10.4. The highest BCUT2D eigenvalue weighted by molar-refractivity contribution is 7.12. The van der Waals surface area contributed by atoms with Gasteiger partial charge < -0.3 is 9.47 Å². The number of rotatable bonds is 5. The first-order chi connectivity index (χ1) is 9.58. The largest absolute Gasteiger partial charge is 0.496 e. The van der Waals surface area contributed by atoms with E-state index in [0.717, 1.165) is 22.6 Å². The Balaban J connectivity index is 2.29. The van der Waals surface area contributed by atoms with Gasteiger partial charge in [0.25, 0.3) is 0 Å². The Kier molecular flexibility index (Phi) is 4.39. The predicted octanol–water partition coefficient (Wildman–Crippen LogP) is 3.20. The van der Waals surface area contributed by atoms with E-state index in [2.05, 4.69) is 4.98 Å². The Hall–Kier alpha value is -1.88. The second-order valence-electron chi connectivity index (χ2n) is 4.46. The summed E-state index contributed by atoms with van der Waals surface area (Å²) in [6, 6.07) is 1.80. The van der Waals surface area contributed by atoms with Crippen LogP contribution in [0.4, 0.5) is 0 Å². The molecule has 0 spiro atoms. The molecule has 0 unspecified atom stereocenters. The first-order valence-electron chi connectivity index (χ1n) is 6.22. The number of ether oxygens (including phenoxy) is 2. The first-order valence-corrected chi connectivity index (χ1v) is 7.10. The molecule has 106 valence electrons. The topological polar surface area (TPSA) is 48.4 Å². The van der Waals surface area contributed by atoms with Crippen LogP contribution in [-0.4, -0.2) is 25.0 Å². The number of nitrogens with zero attached hydrogens (tertiary/aromatic N) is 1. The fraction of sp³-hybridized carbons (Fsp3) is 0.333. The van der Waals surface area contributed by atoms with Gasteiger partial charge >= 0.3 is 0 Å². The molecule has 2 heterocycles. The third-order valence-corrected chi connectivity index (χ3v) is 4.12. The third kappa shape index (κ3) is 2.67. The van der Waals surface area contributed by atoms with Crippen molar-refractivity contribution >= 4 is 17.1 Å². The lowest BCUT2D eigenvalue weighted by Gasteiger charge is -2.11. The van der Waals surface area contributed by atoms with Crippen LogP contribution in [0.15, 0.2) is 17.6 Å². The third-order valence-electron chi connectivity index (χ3n) is 3.18. The molecule has 5 heteroatoms. The van der Waals surface area contributed by atoms with Crippen LogP contribution in [0.1, 0.15) is 26.5 Å². The highest BCUT2D eigenvalue weighted by atomic mass is 32.1. The molecule has 0 saturated carbocycles. The Morgan fingerprint density at radius 2 is 2.05 bits per heavy atom. The van der Waals surface area contributed by atoms with Crippen molar-refractivity contribution in [3.05, 3.63) is 39.3 Å². The molecule has 0 aromatic carbocycles. The van der Waals surface area contributed by atoms with Gasteiger partial charge in [-0.15, -0.1) is 11.3 Å². The summed E-state index contributed by atoms with van der Waals surface area (Å²) in [4.78, 5) is 17.3. The van der Waals surface area contributed by atoms with Crippen LogP contribution in [0, 0.1) is 13.8 Å². The van der Waals surface area contributed by atoms with E-state index in [1.165, 1.54) is 11.3 Å². The number of carbonyl (C=O) groups excluding carboxylic acids is 1. The number of Topliss-reactive ketones (excluding diaryl/α,β-unsaturated/α-hetero) is 1. The number of pyridine rings is 1. The van der Waals surface area contributed by atoms with Crippen molar-refractivity contribution < 1.29 is 14.3 Å². The van der Waals surface area contributed by atoms with Gasteiger partial charge in [0.05, 0.1) is 26.3 Å². The van der Waals surface area contributed by atoms with E-state index in [1.807, 2.05) is 19.2 Å². The minimum atomic E-state index is 0.0124. The van der Waals surface area contributed by atoms with E-state index in [0.29, 0.717) is 10.6 Å². The minimum Gasteiger partial charge on any atom is -0.496 e. The van der Waals surface area contributed by atoms with Crippen LogP contribution in [0.25, 0.3) is 0 Å². The monoisotopic (exact) mass is 291 g/mol. The number of carbonyl (C=O) groups is 1. The molecule has 0 bridgehead atoms. The molecule has 0 aliphatic heterocycles. The van der Waals surface area contributed by atoms with Crippen molar-refractivity contribution in [3.63, 3.8) is 0 Å². The second kappa shape index (κ2) is 6.05. The number of ketones is 1. The molecule has 0 aliphatic carbocycles. The highest BCUT2D eigenvalue weighted by Crippen LogP contribution is 2.28. The standard InChI is InChI=1S/C15H17NO3S/c1-9-8-16-11(10(2)14(9)19-4)7-12(17)15-13(18-3)5-6-20-15/h5-6,8H,7H2,1-4H3. The summed E-state index contributed by atoms with van der Waals surface area (Å²) < 4.78 is 10.5. The van der Waals surface area contributed by atoms with Gasteiger partial charge in [-0.1, -0.05) is 0 Å². The summed E-state index contributed by atoms with van der Waals surface area (Å²) in [5.41, 5.74) is 2.62. The van der Waals surface area contributed by atoms with Gasteiger partial charge in [-0.3, -0.25) is 9.78 Å². The van der Waals surface area contributed by atoms with E-state index in [9.17, 15) is 4.79 Å². The number of aromatic nitrogens is 1. The zero-order chi connectivity index (χ0) is 14.7. The Morgan fingerprint density at radius 3 is 2.70 bits per heavy atom. The fourth-order valence-electron chi connectivity index (χ4n) is 2.14. The Labute approximate surface area is 122 Å². The molecular formula is C15H17NO3S. The highest BCUT2D eigenvalue weighted by Gasteiger charge is 2.18. The molecule has 2 aromatic rings. The summed E-state index contributed by atoms with van der Waals surface area (Å²) in [5.74, 6) is 1.43. The van der Waals surface area contributed by atoms with Crippen LogP contribution < -0.4 is 9.47 Å². The van der Waals surface area contributed by atoms with Gasteiger partial charge in [-0.05, 0) is 25.3 Å². The van der Waals surface area contributed by atoms with Crippen LogP contribution in [0.3, 0.4) is 0 Å². The summed E-state index contributed by atoms with van der Waals surface area (Å²) in [6.45, 7) is 3.86. The predicted molar refractivity (Wildman–Crippen MR) is 79.2 cm³/mol. The van der Waals surface area contributed by atoms with Crippen LogP contribution in [0.2, 0.25) is 0 Å². The maximum absolute atomic E-state index is 12.3. The van der Waals surface area contributed by atoms with Crippen molar-refractivity contribution in [1.82, 2.24) is 4.98 Å². The van der Waals surface area contributed by atoms with Crippen molar-refractivity contribution in [2.45, 2.75) is 20.3 Å². The van der Waals surface area contributed by atoms with E-state index in [4.69, 9.17) is 9.47 Å². The molecule has 0 saturated heterocycles. The summed E-state index contributed by atoms with van der Waals surface area (Å²) >= 11 is 1.39. The number of aryl methyl sites for hydroxylation is 1. The Morgan fingerprint density at radius 1 is 1.30 bits per heavy atom. The van der Waals surface area contributed by atoms with Crippen molar-refractivity contribution in [2.75, 3.05) is 14.2 Å². The van der Waals surface area contributed by atoms with Gasteiger partial charge in [-0.25, -0.2) is 0 Å². The van der Waals surface area contributed by atoms with Crippen LogP contribution in [-0.2, 0) is 6.42 Å². The SMILES string of the molecule is COc1ccsc1C(=O)Cc1ncc(C)c(OC)c1C. The molecule has 0 N–H and O–H groups in total. The summed E-state index contributed by atoms with van der Waals surface area (Å²) in [7, 11) is 3.19. The molecule has 0 radical (unpaired) electrons. The molecular weight excluding hydrogens is 274 g/mol. The minimum absolute atomic E-state index is 0.0124. The molecule has 0 aliphatic rings. The van der Waals surface area contributed by atoms with Crippen molar-refractivity contribution in [3.8, 4) is 11.5 Å². The number of methoxy groups -OCH3 is 2. The summed E-state index contributed by atoms with van der Waals surface area (Å²) in [5, 5.41) is 1.85. The maximum Gasteiger partial charge on any atom is 0.182 e. The fourth-order valence-corrected chi connectivity index (χ4v) is 2.94. The molecule has 0 atom stereocenters. The van der Waals surface area contributed by atoms with E-state index < -0.39 is 0 Å². The number of thiophene rings is 1. The van der Waals surface area contributed by atoms with Crippen LogP contribution >= 0.6 is 11.3 Å². The maximum atomic E-state index is 12.3. The van der Waals surface area contributed by atoms with Gasteiger partial charge in [0.2, 0.25) is 0 Å². The van der Waals surface area contributed by atoms with Gasteiger partial charge in [0.1, 0.15) is 16.4 Å².